The zero-order valence-electron chi connectivity index (χ0n) is 14.3. The standard InChI is InChI=1S/C23H16N2O/c1-25-19-14-8-6-12-17(19)20-22(25)21(15-9-3-2-4-10-15)24-18-13-7-5-11-16(18)23(20)26/h2-14H,1H3. The summed E-state index contributed by atoms with van der Waals surface area (Å²) in [5.41, 5.74) is 4.49. The first-order valence-electron chi connectivity index (χ1n) is 8.61. The van der Waals surface area contributed by atoms with Gasteiger partial charge in [-0.25, -0.2) is 4.98 Å². The van der Waals surface area contributed by atoms with Crippen LogP contribution < -0.4 is 5.43 Å². The molecule has 0 radical (unpaired) electrons. The monoisotopic (exact) mass is 336 g/mol. The molecule has 26 heavy (non-hydrogen) atoms. The van der Waals surface area contributed by atoms with Crippen molar-refractivity contribution in [1.29, 1.82) is 0 Å². The summed E-state index contributed by atoms with van der Waals surface area (Å²) in [6.07, 6.45) is 0. The van der Waals surface area contributed by atoms with Crippen molar-refractivity contribution in [1.82, 2.24) is 9.55 Å². The van der Waals surface area contributed by atoms with Gasteiger partial charge in [0.05, 0.1) is 22.1 Å². The summed E-state index contributed by atoms with van der Waals surface area (Å²) in [6, 6.07) is 25.7. The molecule has 0 spiro atoms. The average molecular weight is 336 g/mol. The Morgan fingerprint density at radius 2 is 1.42 bits per heavy atom. The summed E-state index contributed by atoms with van der Waals surface area (Å²) < 4.78 is 2.08. The summed E-state index contributed by atoms with van der Waals surface area (Å²) in [5.74, 6) is 0. The van der Waals surface area contributed by atoms with E-state index in [9.17, 15) is 4.79 Å². The highest BCUT2D eigenvalue weighted by molar-refractivity contribution is 6.13. The average Bonchev–Trinajstić information content (AvgIpc) is 2.91. The fourth-order valence-electron chi connectivity index (χ4n) is 3.77. The van der Waals surface area contributed by atoms with Crippen molar-refractivity contribution in [2.45, 2.75) is 0 Å². The summed E-state index contributed by atoms with van der Waals surface area (Å²) in [4.78, 5) is 18.4. The third kappa shape index (κ3) is 2.01. The summed E-state index contributed by atoms with van der Waals surface area (Å²) >= 11 is 0. The number of fused-ring (bicyclic) bond motifs is 4. The van der Waals surface area contributed by atoms with Gasteiger partial charge in [0.25, 0.3) is 0 Å². The molecule has 3 heteroatoms. The molecule has 2 heterocycles. The zero-order valence-corrected chi connectivity index (χ0v) is 14.3. The van der Waals surface area contributed by atoms with Gasteiger partial charge in [0.1, 0.15) is 0 Å². The quantitative estimate of drug-likeness (QED) is 0.436. The van der Waals surface area contributed by atoms with Gasteiger partial charge in [0.2, 0.25) is 0 Å². The number of aromatic nitrogens is 2. The Kier molecular flexibility index (Phi) is 3.16. The second-order valence-corrected chi connectivity index (χ2v) is 6.47. The molecule has 3 nitrogen and oxygen atoms in total. The maximum Gasteiger partial charge on any atom is 0.198 e. The van der Waals surface area contributed by atoms with Gasteiger partial charge < -0.3 is 4.57 Å². The molecule has 0 N–H and O–H groups in total. The van der Waals surface area contributed by atoms with Gasteiger partial charge in [-0.15, -0.1) is 0 Å². The Bertz CT molecular complexity index is 1350. The van der Waals surface area contributed by atoms with Crippen LogP contribution >= 0.6 is 0 Å². The molecule has 0 aliphatic rings. The minimum atomic E-state index is 0.0297. The van der Waals surface area contributed by atoms with Crippen molar-refractivity contribution in [2.24, 2.45) is 7.05 Å². The van der Waals surface area contributed by atoms with Crippen molar-refractivity contribution in [3.63, 3.8) is 0 Å². The van der Waals surface area contributed by atoms with E-state index in [-0.39, 0.29) is 5.43 Å². The lowest BCUT2D eigenvalue weighted by molar-refractivity contribution is 1.01. The summed E-state index contributed by atoms with van der Waals surface area (Å²) in [6.45, 7) is 0. The van der Waals surface area contributed by atoms with Crippen LogP contribution in [-0.4, -0.2) is 9.55 Å². The largest absolute Gasteiger partial charge is 0.342 e. The molecule has 0 bridgehead atoms. The van der Waals surface area contributed by atoms with E-state index in [1.807, 2.05) is 85.9 Å². The topological polar surface area (TPSA) is 34.9 Å². The minimum absolute atomic E-state index is 0.0297. The predicted octanol–water partition coefficient (Wildman–Crippen LogP) is 4.91. The molecule has 124 valence electrons. The zero-order chi connectivity index (χ0) is 17.7. The molecule has 0 unspecified atom stereocenters. The first kappa shape index (κ1) is 14.8. The highest BCUT2D eigenvalue weighted by Crippen LogP contribution is 2.32. The van der Waals surface area contributed by atoms with Crippen molar-refractivity contribution in [2.75, 3.05) is 0 Å². The van der Waals surface area contributed by atoms with E-state index in [0.29, 0.717) is 5.39 Å². The minimum Gasteiger partial charge on any atom is -0.342 e. The lowest BCUT2D eigenvalue weighted by Crippen LogP contribution is -1.97. The second kappa shape index (κ2) is 5.53. The van der Waals surface area contributed by atoms with Crippen molar-refractivity contribution in [3.8, 4) is 11.3 Å². The van der Waals surface area contributed by atoms with Crippen molar-refractivity contribution in [3.05, 3.63) is 89.1 Å². The fraction of sp³-hybridized carbons (Fsp3) is 0.0435. The van der Waals surface area contributed by atoms with Crippen molar-refractivity contribution >= 4 is 32.7 Å². The molecule has 0 aliphatic carbocycles. The third-order valence-corrected chi connectivity index (χ3v) is 4.99. The Labute approximate surface area is 150 Å². The smallest absolute Gasteiger partial charge is 0.198 e. The third-order valence-electron chi connectivity index (χ3n) is 4.99. The van der Waals surface area contributed by atoms with Gasteiger partial charge in [-0.05, 0) is 18.2 Å². The van der Waals surface area contributed by atoms with Crippen LogP contribution in [0.2, 0.25) is 0 Å². The molecule has 0 amide bonds. The number of hydrogen-bond donors (Lipinski definition) is 0. The maximum absolute atomic E-state index is 13.4. The molecular formula is C23H16N2O. The number of para-hydroxylation sites is 2. The highest BCUT2D eigenvalue weighted by Gasteiger charge is 2.17. The second-order valence-electron chi connectivity index (χ2n) is 6.47. The van der Waals surface area contributed by atoms with Crippen molar-refractivity contribution < 1.29 is 0 Å². The van der Waals surface area contributed by atoms with Gasteiger partial charge in [-0.1, -0.05) is 60.7 Å². The molecule has 3 aromatic carbocycles. The van der Waals surface area contributed by atoms with Crippen LogP contribution in [0.25, 0.3) is 44.0 Å². The molecular weight excluding hydrogens is 320 g/mol. The number of rotatable bonds is 1. The number of aryl methyl sites for hydroxylation is 1. The van der Waals surface area contributed by atoms with Gasteiger partial charge in [-0.3, -0.25) is 4.79 Å². The Hall–Kier alpha value is -3.46. The molecule has 5 aromatic rings. The molecule has 0 saturated carbocycles. The molecule has 2 aromatic heterocycles. The lowest BCUT2D eigenvalue weighted by atomic mass is 10.1. The number of benzene rings is 3. The van der Waals surface area contributed by atoms with Crippen LogP contribution in [0.15, 0.2) is 83.7 Å². The first-order chi connectivity index (χ1) is 12.8. The molecule has 0 atom stereocenters. The van der Waals surface area contributed by atoms with E-state index >= 15 is 0 Å². The van der Waals surface area contributed by atoms with Gasteiger partial charge in [-0.2, -0.15) is 0 Å². The van der Waals surface area contributed by atoms with Crippen LogP contribution in [0, 0.1) is 0 Å². The highest BCUT2D eigenvalue weighted by atomic mass is 16.1. The SMILES string of the molecule is Cn1c2ccccc2c2c(=O)c3ccccc3nc(-c3ccccc3)c21. The number of nitrogens with zero attached hydrogens (tertiary/aromatic N) is 2. The van der Waals surface area contributed by atoms with E-state index in [0.717, 1.165) is 38.6 Å². The van der Waals surface area contributed by atoms with Crippen LogP contribution in [-0.2, 0) is 7.05 Å². The van der Waals surface area contributed by atoms with E-state index in [1.165, 1.54) is 0 Å². The normalized spacial score (nSPS) is 11.4. The fourth-order valence-corrected chi connectivity index (χ4v) is 3.77. The van der Waals surface area contributed by atoms with E-state index in [1.54, 1.807) is 0 Å². The Balaban J connectivity index is 2.16. The van der Waals surface area contributed by atoms with E-state index in [4.69, 9.17) is 4.98 Å². The van der Waals surface area contributed by atoms with Crippen LogP contribution in [0.5, 0.6) is 0 Å². The Morgan fingerprint density at radius 3 is 2.23 bits per heavy atom. The molecule has 0 aliphatic heterocycles. The summed E-state index contributed by atoms with van der Waals surface area (Å²) in [5, 5.41) is 2.35. The number of hydrogen-bond acceptors (Lipinski definition) is 2. The lowest BCUT2D eigenvalue weighted by Gasteiger charge is -2.03. The van der Waals surface area contributed by atoms with Crippen LogP contribution in [0.1, 0.15) is 0 Å². The molecule has 0 saturated heterocycles. The van der Waals surface area contributed by atoms with E-state index in [2.05, 4.69) is 4.57 Å². The van der Waals surface area contributed by atoms with Crippen LogP contribution in [0.4, 0.5) is 0 Å². The van der Waals surface area contributed by atoms with Gasteiger partial charge in [0, 0.05) is 28.9 Å². The van der Waals surface area contributed by atoms with Gasteiger partial charge >= 0.3 is 0 Å². The predicted molar refractivity (Wildman–Crippen MR) is 107 cm³/mol. The molecule has 5 rings (SSSR count). The summed E-state index contributed by atoms with van der Waals surface area (Å²) in [7, 11) is 2.00. The first-order valence-corrected chi connectivity index (χ1v) is 8.61. The Morgan fingerprint density at radius 1 is 0.769 bits per heavy atom. The maximum atomic E-state index is 13.4. The van der Waals surface area contributed by atoms with Crippen LogP contribution in [0.3, 0.4) is 0 Å². The molecule has 0 fully saturated rings. The van der Waals surface area contributed by atoms with E-state index < -0.39 is 0 Å². The van der Waals surface area contributed by atoms with Gasteiger partial charge in [0.15, 0.2) is 5.43 Å².